The van der Waals surface area contributed by atoms with Gasteiger partial charge in [-0.05, 0) is 57.6 Å². The third-order valence-corrected chi connectivity index (χ3v) is 8.71. The van der Waals surface area contributed by atoms with Crippen LogP contribution in [0, 0.1) is 5.92 Å². The second-order valence-corrected chi connectivity index (χ2v) is 12.2. The summed E-state index contributed by atoms with van der Waals surface area (Å²) in [5.74, 6) is -0.806. The van der Waals surface area contributed by atoms with Gasteiger partial charge in [0.05, 0.1) is 12.5 Å². The van der Waals surface area contributed by atoms with Gasteiger partial charge in [0, 0.05) is 44.7 Å². The van der Waals surface area contributed by atoms with E-state index < -0.39 is 36.0 Å². The van der Waals surface area contributed by atoms with Crippen LogP contribution in [0.2, 0.25) is 0 Å². The van der Waals surface area contributed by atoms with E-state index in [4.69, 9.17) is 14.6 Å². The first-order valence-corrected chi connectivity index (χ1v) is 15.5. The maximum absolute atomic E-state index is 13.3. The van der Waals surface area contributed by atoms with Crippen LogP contribution in [0.3, 0.4) is 0 Å². The van der Waals surface area contributed by atoms with Crippen molar-refractivity contribution in [3.63, 3.8) is 0 Å². The predicted octanol–water partition coefficient (Wildman–Crippen LogP) is 4.12. The van der Waals surface area contributed by atoms with Crippen molar-refractivity contribution in [1.82, 2.24) is 9.80 Å². The zero-order valence-electron chi connectivity index (χ0n) is 25.2. The lowest BCUT2D eigenvalue weighted by molar-refractivity contribution is -0.151. The zero-order valence-corrected chi connectivity index (χ0v) is 25.2. The number of ether oxygens (including phenoxy) is 2. The number of rotatable bonds is 6. The van der Waals surface area contributed by atoms with Crippen LogP contribution in [0.1, 0.15) is 85.0 Å². The van der Waals surface area contributed by atoms with Gasteiger partial charge < -0.3 is 29.7 Å². The highest BCUT2D eigenvalue weighted by Crippen LogP contribution is 2.28. The summed E-state index contributed by atoms with van der Waals surface area (Å²) in [6.45, 7) is 8.24. The van der Waals surface area contributed by atoms with Crippen LogP contribution in [0.4, 0.5) is 4.79 Å². The highest BCUT2D eigenvalue weighted by Gasteiger charge is 2.37. The molecule has 0 aromatic rings. The number of piperazine rings is 1. The maximum Gasteiger partial charge on any atom is 0.410 e. The molecular formula is C32H52N2O7. The summed E-state index contributed by atoms with van der Waals surface area (Å²) in [7, 11) is 0. The predicted molar refractivity (Wildman–Crippen MR) is 158 cm³/mol. The van der Waals surface area contributed by atoms with Crippen molar-refractivity contribution < 1.29 is 34.4 Å². The molecule has 1 amide bonds. The van der Waals surface area contributed by atoms with Crippen molar-refractivity contribution in [2.24, 2.45) is 5.92 Å². The minimum atomic E-state index is -1.44. The number of hydrogen-bond acceptors (Lipinski definition) is 8. The average Bonchev–Trinajstić information content (AvgIpc) is 3.24. The van der Waals surface area contributed by atoms with Crippen molar-refractivity contribution in [3.8, 4) is 0 Å². The Morgan fingerprint density at radius 2 is 1.80 bits per heavy atom. The zero-order chi connectivity index (χ0) is 29.8. The molecule has 0 aromatic carbocycles. The summed E-state index contributed by atoms with van der Waals surface area (Å²) in [4.78, 5) is 30.1. The molecule has 1 saturated carbocycles. The van der Waals surface area contributed by atoms with Gasteiger partial charge >= 0.3 is 12.1 Å². The summed E-state index contributed by atoms with van der Waals surface area (Å²) >= 11 is 0. The number of allylic oxidation sites excluding steroid dienone is 2. The highest BCUT2D eigenvalue weighted by molar-refractivity contribution is 5.70. The number of amides is 1. The summed E-state index contributed by atoms with van der Waals surface area (Å²) in [5, 5.41) is 30.9. The average molecular weight is 577 g/mol. The van der Waals surface area contributed by atoms with Gasteiger partial charge in [0.25, 0.3) is 0 Å². The molecule has 0 spiro atoms. The first kappa shape index (κ1) is 33.3. The third kappa shape index (κ3) is 10.5. The van der Waals surface area contributed by atoms with Crippen molar-refractivity contribution in [3.05, 3.63) is 36.0 Å². The summed E-state index contributed by atoms with van der Waals surface area (Å²) < 4.78 is 11.7. The Labute approximate surface area is 245 Å². The van der Waals surface area contributed by atoms with Crippen molar-refractivity contribution in [2.45, 2.75) is 115 Å². The number of nitrogens with zero attached hydrogens (tertiary/aromatic N) is 2. The largest absolute Gasteiger partial charge is 0.457 e. The number of hydrogen-bond donors (Lipinski definition) is 3. The van der Waals surface area contributed by atoms with E-state index in [1.54, 1.807) is 17.9 Å². The first-order chi connectivity index (χ1) is 19.6. The van der Waals surface area contributed by atoms with Crippen molar-refractivity contribution in [1.29, 1.82) is 0 Å². The van der Waals surface area contributed by atoms with E-state index in [0.717, 1.165) is 18.7 Å². The number of aliphatic hydroxyl groups is 3. The fraction of sp³-hybridized carbons (Fsp3) is 0.750. The molecular weight excluding hydrogens is 524 g/mol. The van der Waals surface area contributed by atoms with E-state index >= 15 is 0 Å². The molecule has 0 radical (unpaired) electrons. The lowest BCUT2D eigenvalue weighted by Gasteiger charge is -2.40. The monoisotopic (exact) mass is 576 g/mol. The molecule has 1 aliphatic carbocycles. The fourth-order valence-corrected chi connectivity index (χ4v) is 6.01. The van der Waals surface area contributed by atoms with Gasteiger partial charge in [-0.3, -0.25) is 9.69 Å². The number of aliphatic hydroxyl groups excluding tert-OH is 2. The van der Waals surface area contributed by atoms with Gasteiger partial charge in [0.15, 0.2) is 6.10 Å². The van der Waals surface area contributed by atoms with Crippen LogP contribution in [-0.4, -0.2) is 99.9 Å². The van der Waals surface area contributed by atoms with E-state index in [-0.39, 0.29) is 31.8 Å². The third-order valence-electron chi connectivity index (χ3n) is 8.71. The Balaban J connectivity index is 1.72. The summed E-state index contributed by atoms with van der Waals surface area (Å²) in [6, 6.07) is 0.600. The second-order valence-electron chi connectivity index (χ2n) is 12.2. The minimum Gasteiger partial charge on any atom is -0.457 e. The van der Waals surface area contributed by atoms with Crippen LogP contribution < -0.4 is 0 Å². The molecule has 41 heavy (non-hydrogen) atoms. The van der Waals surface area contributed by atoms with Crippen LogP contribution in [0.25, 0.3) is 0 Å². The molecule has 0 unspecified atom stereocenters. The molecule has 2 heterocycles. The molecule has 9 heteroatoms. The van der Waals surface area contributed by atoms with E-state index in [0.29, 0.717) is 25.6 Å². The van der Waals surface area contributed by atoms with Crippen molar-refractivity contribution in [2.75, 3.05) is 32.8 Å². The van der Waals surface area contributed by atoms with E-state index in [1.165, 1.54) is 38.5 Å². The Hall–Kier alpha value is -2.20. The van der Waals surface area contributed by atoms with Crippen LogP contribution in [0.5, 0.6) is 0 Å². The quantitative estimate of drug-likeness (QED) is 0.187. The Morgan fingerprint density at radius 1 is 1.12 bits per heavy atom. The minimum absolute atomic E-state index is 0.0507. The van der Waals surface area contributed by atoms with Gasteiger partial charge in [0.1, 0.15) is 11.7 Å². The summed E-state index contributed by atoms with van der Waals surface area (Å²) in [6.07, 6.45) is 14.3. The standard InChI is InChI=1S/C32H52N2O7/c1-24(11-7-6-10-22-35)30-25(2)14-15-28(32(3,39)17-16-27(36)23-29(37)41-30)40-31(38)34-20-18-33(19-21-34)26-12-8-4-5-9-13-26/h6-7,11,14-15,25-28,30,35-36,39H,4-5,8-10,12-13,16-23H2,1-3H3/b7-6+,15-14+,24-11+/t25-,27+,28-,30+,32+/m0/s1. The summed E-state index contributed by atoms with van der Waals surface area (Å²) in [5.41, 5.74) is -0.644. The molecule has 1 saturated heterocycles. The number of esters is 1. The SMILES string of the molecule is C/C(=C\C=C\CCO)[C@H]1OC(=O)C[C@H](O)CC[C@@](C)(O)[C@@H](OC(=O)N2CCN(C3CCCCCC3)CC2)/C=C/[C@@H]1C. The van der Waals surface area contributed by atoms with Crippen LogP contribution in [-0.2, 0) is 14.3 Å². The van der Waals surface area contributed by atoms with E-state index in [9.17, 15) is 19.8 Å². The lowest BCUT2D eigenvalue weighted by Crippen LogP contribution is -2.53. The fourth-order valence-electron chi connectivity index (χ4n) is 6.01. The molecule has 2 fully saturated rings. The topological polar surface area (TPSA) is 120 Å². The van der Waals surface area contributed by atoms with Crippen LogP contribution >= 0.6 is 0 Å². The lowest BCUT2D eigenvalue weighted by atomic mass is 9.89. The Bertz CT molecular complexity index is 915. The number of carbonyl (C=O) groups excluding carboxylic acids is 2. The van der Waals surface area contributed by atoms with Gasteiger partial charge in [0.2, 0.25) is 0 Å². The number of carbonyl (C=O) groups is 2. The molecule has 9 nitrogen and oxygen atoms in total. The molecule has 2 aliphatic heterocycles. The van der Waals surface area contributed by atoms with Gasteiger partial charge in [-0.15, -0.1) is 0 Å². The maximum atomic E-state index is 13.3. The molecule has 232 valence electrons. The van der Waals surface area contributed by atoms with Gasteiger partial charge in [-0.1, -0.05) is 56.9 Å². The molecule has 3 rings (SSSR count). The molecule has 0 bridgehead atoms. The smallest absolute Gasteiger partial charge is 0.410 e. The van der Waals surface area contributed by atoms with Crippen molar-refractivity contribution >= 4 is 12.1 Å². The Morgan fingerprint density at radius 3 is 2.46 bits per heavy atom. The van der Waals surface area contributed by atoms with Crippen LogP contribution in [0.15, 0.2) is 36.0 Å². The molecule has 5 atom stereocenters. The van der Waals surface area contributed by atoms with Gasteiger partial charge in [-0.25, -0.2) is 4.79 Å². The molecule has 0 aromatic heterocycles. The number of cyclic esters (lactones) is 1. The second kappa shape index (κ2) is 16.4. The molecule has 3 N–H and O–H groups in total. The normalized spacial score (nSPS) is 33.0. The van der Waals surface area contributed by atoms with E-state index in [2.05, 4.69) is 4.90 Å². The van der Waals surface area contributed by atoms with E-state index in [1.807, 2.05) is 38.2 Å². The van der Waals surface area contributed by atoms with Gasteiger partial charge in [-0.2, -0.15) is 0 Å². The highest BCUT2D eigenvalue weighted by atomic mass is 16.6. The first-order valence-electron chi connectivity index (χ1n) is 15.5. The molecule has 3 aliphatic rings. The Kier molecular flexibility index (Phi) is 13.4.